The van der Waals surface area contributed by atoms with Gasteiger partial charge in [0.1, 0.15) is 0 Å². The summed E-state index contributed by atoms with van der Waals surface area (Å²) >= 11 is 0. The van der Waals surface area contributed by atoms with Crippen LogP contribution in [0.3, 0.4) is 0 Å². The van der Waals surface area contributed by atoms with Crippen molar-refractivity contribution in [3.05, 3.63) is 65.9 Å². The Morgan fingerprint density at radius 1 is 1.04 bits per heavy atom. The van der Waals surface area contributed by atoms with Crippen molar-refractivity contribution in [1.29, 1.82) is 0 Å². The van der Waals surface area contributed by atoms with Gasteiger partial charge < -0.3 is 19.8 Å². The first-order valence-electron chi connectivity index (χ1n) is 8.26. The van der Waals surface area contributed by atoms with E-state index >= 15 is 0 Å². The Bertz CT molecular complexity index is 993. The van der Waals surface area contributed by atoms with Crippen LogP contribution in [0.2, 0.25) is 0 Å². The Balaban J connectivity index is 1.56. The smallest absolute Gasteiger partial charge is 0.339 e. The fourth-order valence-electron chi connectivity index (χ4n) is 2.70. The van der Waals surface area contributed by atoms with Crippen molar-refractivity contribution in [3.8, 4) is 0 Å². The minimum Gasteiger partial charge on any atom is -0.465 e. The normalized spacial score (nSPS) is 10.4. The van der Waals surface area contributed by atoms with E-state index in [-0.39, 0.29) is 12.0 Å². The van der Waals surface area contributed by atoms with Gasteiger partial charge >= 0.3 is 11.9 Å². The minimum absolute atomic E-state index is 0.0516. The van der Waals surface area contributed by atoms with E-state index in [0.29, 0.717) is 5.69 Å². The number of hydrogen-bond acceptors (Lipinski definition) is 5. The molecule has 1 aromatic heterocycles. The molecule has 2 N–H and O–H groups in total. The Morgan fingerprint density at radius 3 is 2.59 bits per heavy atom. The molecular formula is C20H18N2O5. The van der Waals surface area contributed by atoms with Crippen LogP contribution < -0.4 is 5.32 Å². The number of esters is 2. The summed E-state index contributed by atoms with van der Waals surface area (Å²) in [4.78, 5) is 38.9. The average molecular weight is 366 g/mol. The number of aromatic nitrogens is 1. The average Bonchev–Trinajstić information content (AvgIpc) is 3.09. The zero-order chi connectivity index (χ0) is 19.2. The standard InChI is InChI=1S/C20H18N2O5/c1-26-20(25)15-7-3-5-9-17(15)22-18(23)12-27-19(24)10-13-11-21-16-8-4-2-6-14(13)16/h2-9,11,21H,10,12H2,1H3,(H,22,23). The number of anilines is 1. The molecule has 0 spiro atoms. The van der Waals surface area contributed by atoms with E-state index < -0.39 is 24.5 Å². The van der Waals surface area contributed by atoms with Gasteiger partial charge in [-0.25, -0.2) is 4.79 Å². The number of para-hydroxylation sites is 2. The predicted molar refractivity (Wildman–Crippen MR) is 99.4 cm³/mol. The van der Waals surface area contributed by atoms with Crippen LogP contribution in [0.4, 0.5) is 5.69 Å². The van der Waals surface area contributed by atoms with Crippen molar-refractivity contribution in [2.24, 2.45) is 0 Å². The summed E-state index contributed by atoms with van der Waals surface area (Å²) in [7, 11) is 1.26. The van der Waals surface area contributed by atoms with E-state index in [2.05, 4.69) is 15.0 Å². The number of carbonyl (C=O) groups is 3. The summed E-state index contributed by atoms with van der Waals surface area (Å²) in [6, 6.07) is 14.0. The highest BCUT2D eigenvalue weighted by Gasteiger charge is 2.15. The predicted octanol–water partition coefficient (Wildman–Crippen LogP) is 2.68. The second-order valence-electron chi connectivity index (χ2n) is 5.78. The van der Waals surface area contributed by atoms with Gasteiger partial charge in [0.15, 0.2) is 6.61 Å². The minimum atomic E-state index is -0.567. The first kappa shape index (κ1) is 18.2. The zero-order valence-electron chi connectivity index (χ0n) is 14.7. The van der Waals surface area contributed by atoms with Crippen LogP contribution in [0.5, 0.6) is 0 Å². The number of nitrogens with one attached hydrogen (secondary N) is 2. The van der Waals surface area contributed by atoms with Crippen LogP contribution >= 0.6 is 0 Å². The lowest BCUT2D eigenvalue weighted by Crippen LogP contribution is -2.22. The van der Waals surface area contributed by atoms with Gasteiger partial charge in [0.25, 0.3) is 5.91 Å². The highest BCUT2D eigenvalue weighted by Crippen LogP contribution is 2.18. The number of H-pyrrole nitrogens is 1. The number of aromatic amines is 1. The molecule has 7 heteroatoms. The fraction of sp³-hybridized carbons (Fsp3) is 0.150. The van der Waals surface area contributed by atoms with Crippen LogP contribution in [-0.2, 0) is 25.5 Å². The molecule has 27 heavy (non-hydrogen) atoms. The first-order chi connectivity index (χ1) is 13.1. The maximum absolute atomic E-state index is 12.0. The van der Waals surface area contributed by atoms with Crippen molar-refractivity contribution in [1.82, 2.24) is 4.98 Å². The number of benzene rings is 2. The molecule has 0 saturated carbocycles. The molecular weight excluding hydrogens is 348 g/mol. The van der Waals surface area contributed by atoms with Crippen molar-refractivity contribution < 1.29 is 23.9 Å². The van der Waals surface area contributed by atoms with Gasteiger partial charge in [0.05, 0.1) is 24.8 Å². The number of methoxy groups -OCH3 is 1. The Morgan fingerprint density at radius 2 is 1.78 bits per heavy atom. The van der Waals surface area contributed by atoms with Crippen LogP contribution in [-0.4, -0.2) is 36.5 Å². The van der Waals surface area contributed by atoms with Gasteiger partial charge in [0.2, 0.25) is 0 Å². The Hall–Kier alpha value is -3.61. The van der Waals surface area contributed by atoms with E-state index in [1.807, 2.05) is 24.3 Å². The number of carbonyl (C=O) groups excluding carboxylic acids is 3. The summed E-state index contributed by atoms with van der Waals surface area (Å²) in [6.07, 6.45) is 1.80. The van der Waals surface area contributed by atoms with E-state index in [4.69, 9.17) is 4.74 Å². The lowest BCUT2D eigenvalue weighted by atomic mass is 10.1. The van der Waals surface area contributed by atoms with Gasteiger partial charge in [-0.1, -0.05) is 30.3 Å². The van der Waals surface area contributed by atoms with Crippen molar-refractivity contribution in [3.63, 3.8) is 0 Å². The molecule has 0 saturated heterocycles. The van der Waals surface area contributed by atoms with Gasteiger partial charge in [-0.05, 0) is 23.8 Å². The molecule has 0 aliphatic rings. The molecule has 138 valence electrons. The van der Waals surface area contributed by atoms with Gasteiger partial charge in [-0.15, -0.1) is 0 Å². The maximum Gasteiger partial charge on any atom is 0.339 e. The van der Waals surface area contributed by atoms with Crippen molar-refractivity contribution in [2.45, 2.75) is 6.42 Å². The second kappa shape index (κ2) is 8.18. The second-order valence-corrected chi connectivity index (χ2v) is 5.78. The van der Waals surface area contributed by atoms with Gasteiger partial charge in [-0.3, -0.25) is 9.59 Å². The third kappa shape index (κ3) is 4.33. The van der Waals surface area contributed by atoms with Crippen LogP contribution in [0, 0.1) is 0 Å². The zero-order valence-corrected chi connectivity index (χ0v) is 14.7. The van der Waals surface area contributed by atoms with Crippen LogP contribution in [0.25, 0.3) is 10.9 Å². The molecule has 0 fully saturated rings. The van der Waals surface area contributed by atoms with Gasteiger partial charge in [0, 0.05) is 17.1 Å². The van der Waals surface area contributed by atoms with E-state index in [9.17, 15) is 14.4 Å². The Labute approximate surface area is 155 Å². The van der Waals surface area contributed by atoms with Crippen LogP contribution in [0.15, 0.2) is 54.7 Å². The molecule has 0 aliphatic carbocycles. The van der Waals surface area contributed by atoms with Crippen molar-refractivity contribution in [2.75, 3.05) is 19.0 Å². The highest BCUT2D eigenvalue weighted by atomic mass is 16.5. The third-order valence-corrected chi connectivity index (χ3v) is 3.98. The molecule has 0 aliphatic heterocycles. The molecule has 7 nitrogen and oxygen atoms in total. The number of amides is 1. The largest absolute Gasteiger partial charge is 0.465 e. The quantitative estimate of drug-likeness (QED) is 0.654. The molecule has 3 rings (SSSR count). The van der Waals surface area contributed by atoms with Crippen molar-refractivity contribution >= 4 is 34.4 Å². The molecule has 0 unspecified atom stereocenters. The number of hydrogen-bond donors (Lipinski definition) is 2. The van der Waals surface area contributed by atoms with E-state index in [1.54, 1.807) is 24.4 Å². The first-order valence-corrected chi connectivity index (χ1v) is 8.26. The molecule has 0 radical (unpaired) electrons. The summed E-state index contributed by atoms with van der Waals surface area (Å²) in [5, 5.41) is 3.48. The number of rotatable bonds is 6. The maximum atomic E-state index is 12.0. The molecule has 1 heterocycles. The van der Waals surface area contributed by atoms with Gasteiger partial charge in [-0.2, -0.15) is 0 Å². The molecule has 2 aromatic carbocycles. The molecule has 0 bridgehead atoms. The lowest BCUT2D eigenvalue weighted by molar-refractivity contribution is -0.146. The number of fused-ring (bicyclic) bond motifs is 1. The monoisotopic (exact) mass is 366 g/mol. The SMILES string of the molecule is COC(=O)c1ccccc1NC(=O)COC(=O)Cc1c[nH]c2ccccc12. The third-order valence-electron chi connectivity index (χ3n) is 3.98. The molecule has 3 aromatic rings. The highest BCUT2D eigenvalue weighted by molar-refractivity contribution is 6.01. The van der Waals surface area contributed by atoms with E-state index in [1.165, 1.54) is 13.2 Å². The topological polar surface area (TPSA) is 97.5 Å². The Kier molecular flexibility index (Phi) is 5.51. The molecule has 1 amide bonds. The number of ether oxygens (including phenoxy) is 2. The fourth-order valence-corrected chi connectivity index (χ4v) is 2.70. The van der Waals surface area contributed by atoms with Crippen LogP contribution in [0.1, 0.15) is 15.9 Å². The summed E-state index contributed by atoms with van der Waals surface area (Å²) in [5.74, 6) is -1.63. The molecule has 0 atom stereocenters. The summed E-state index contributed by atoms with van der Waals surface area (Å²) in [5.41, 5.74) is 2.24. The summed E-state index contributed by atoms with van der Waals surface area (Å²) in [6.45, 7) is -0.448. The summed E-state index contributed by atoms with van der Waals surface area (Å²) < 4.78 is 9.72. The lowest BCUT2D eigenvalue weighted by Gasteiger charge is -2.10. The van der Waals surface area contributed by atoms with E-state index in [0.717, 1.165) is 16.5 Å².